The Morgan fingerprint density at radius 1 is 0.943 bits per heavy atom. The van der Waals surface area contributed by atoms with Gasteiger partial charge in [0.2, 0.25) is 5.91 Å². The van der Waals surface area contributed by atoms with E-state index in [1.807, 2.05) is 0 Å². The van der Waals surface area contributed by atoms with Crippen LogP contribution in [0, 0.1) is 5.92 Å². The molecular weight excluding hydrogens is 450 g/mol. The summed E-state index contributed by atoms with van der Waals surface area (Å²) >= 11 is 0. The second-order valence-electron chi connectivity index (χ2n) is 8.66. The highest BCUT2D eigenvalue weighted by Gasteiger charge is 2.35. The van der Waals surface area contributed by atoms with Crippen molar-refractivity contribution in [2.75, 3.05) is 40.4 Å². The fourth-order valence-electron chi connectivity index (χ4n) is 4.51. The van der Waals surface area contributed by atoms with E-state index in [2.05, 4.69) is 5.32 Å². The maximum Gasteiger partial charge on any atom is 0.261 e. The number of likely N-dealkylation sites (tertiary alicyclic amines) is 1. The molecular formula is C26H29N3O6. The molecule has 0 bridgehead atoms. The predicted octanol–water partition coefficient (Wildman–Crippen LogP) is 2.36. The molecule has 2 aromatic carbocycles. The van der Waals surface area contributed by atoms with Crippen LogP contribution in [0.5, 0.6) is 11.5 Å². The molecule has 4 rings (SSSR count). The highest BCUT2D eigenvalue weighted by molar-refractivity contribution is 6.21. The third-order valence-corrected chi connectivity index (χ3v) is 6.59. The van der Waals surface area contributed by atoms with E-state index in [0.29, 0.717) is 47.8 Å². The normalized spacial score (nSPS) is 15.7. The lowest BCUT2D eigenvalue weighted by Gasteiger charge is -2.32. The number of carbonyl (C=O) groups is 4. The molecule has 1 N–H and O–H groups in total. The van der Waals surface area contributed by atoms with Crippen molar-refractivity contribution < 1.29 is 28.7 Å². The molecule has 1 fully saturated rings. The van der Waals surface area contributed by atoms with Gasteiger partial charge in [0.25, 0.3) is 17.7 Å². The second-order valence-corrected chi connectivity index (χ2v) is 8.66. The van der Waals surface area contributed by atoms with Gasteiger partial charge in [0.1, 0.15) is 0 Å². The molecule has 0 aromatic heterocycles. The summed E-state index contributed by atoms with van der Waals surface area (Å²) in [7, 11) is 3.06. The van der Waals surface area contributed by atoms with Crippen molar-refractivity contribution in [2.24, 2.45) is 5.92 Å². The van der Waals surface area contributed by atoms with Gasteiger partial charge in [-0.3, -0.25) is 24.1 Å². The quantitative estimate of drug-likeness (QED) is 0.583. The topological polar surface area (TPSA) is 105 Å². The zero-order valence-corrected chi connectivity index (χ0v) is 19.9. The third kappa shape index (κ3) is 5.13. The molecule has 0 spiro atoms. The Morgan fingerprint density at radius 3 is 2.17 bits per heavy atom. The average molecular weight is 480 g/mol. The first-order valence-corrected chi connectivity index (χ1v) is 11.7. The molecule has 2 heterocycles. The molecule has 2 aliphatic heterocycles. The molecule has 0 atom stereocenters. The molecule has 0 unspecified atom stereocenters. The van der Waals surface area contributed by atoms with Crippen LogP contribution in [-0.4, -0.2) is 73.8 Å². The molecule has 1 saturated heterocycles. The number of piperidine rings is 1. The van der Waals surface area contributed by atoms with Gasteiger partial charge in [0.05, 0.1) is 25.3 Å². The minimum absolute atomic E-state index is 0.0747. The fourth-order valence-corrected chi connectivity index (χ4v) is 4.51. The van der Waals surface area contributed by atoms with Crippen molar-refractivity contribution in [3.05, 3.63) is 59.2 Å². The number of benzene rings is 2. The average Bonchev–Trinajstić information content (AvgIpc) is 3.14. The Hall–Kier alpha value is -3.88. The summed E-state index contributed by atoms with van der Waals surface area (Å²) in [4.78, 5) is 53.1. The van der Waals surface area contributed by atoms with Crippen LogP contribution in [0.2, 0.25) is 0 Å². The minimum atomic E-state index is -0.345. The Morgan fingerprint density at radius 2 is 1.57 bits per heavy atom. The van der Waals surface area contributed by atoms with Crippen molar-refractivity contribution in [1.82, 2.24) is 15.1 Å². The maximum atomic E-state index is 12.7. The number of hydrogen-bond acceptors (Lipinski definition) is 6. The van der Waals surface area contributed by atoms with Crippen molar-refractivity contribution >= 4 is 23.6 Å². The zero-order valence-electron chi connectivity index (χ0n) is 19.9. The van der Waals surface area contributed by atoms with E-state index in [0.717, 1.165) is 17.7 Å². The lowest BCUT2D eigenvalue weighted by molar-refractivity contribution is -0.132. The van der Waals surface area contributed by atoms with Crippen molar-refractivity contribution in [3.8, 4) is 11.5 Å². The summed E-state index contributed by atoms with van der Waals surface area (Å²) in [6.07, 6.45) is 1.64. The number of nitrogens with zero attached hydrogens (tertiary/aromatic N) is 2. The smallest absolute Gasteiger partial charge is 0.261 e. The number of methoxy groups -OCH3 is 2. The number of fused-ring (bicyclic) bond motifs is 1. The molecule has 2 aromatic rings. The van der Waals surface area contributed by atoms with Crippen LogP contribution in [-0.2, 0) is 4.79 Å². The lowest BCUT2D eigenvalue weighted by Crippen LogP contribution is -2.43. The van der Waals surface area contributed by atoms with E-state index in [9.17, 15) is 19.2 Å². The van der Waals surface area contributed by atoms with Gasteiger partial charge in [0, 0.05) is 38.2 Å². The van der Waals surface area contributed by atoms with E-state index < -0.39 is 0 Å². The third-order valence-electron chi connectivity index (χ3n) is 6.59. The van der Waals surface area contributed by atoms with Crippen molar-refractivity contribution in [1.29, 1.82) is 0 Å². The van der Waals surface area contributed by atoms with Crippen LogP contribution in [0.1, 0.15) is 50.3 Å². The monoisotopic (exact) mass is 479 g/mol. The van der Waals surface area contributed by atoms with Gasteiger partial charge >= 0.3 is 0 Å². The standard InChI is InChI=1S/C26H29N3O6/c1-34-21-8-7-18(15-22(21)35-2)24(31)27-16-17-9-12-28(13-10-17)23(30)11-14-29-25(32)19-5-3-4-6-20(19)26(29)33/h3-8,15,17H,9-14,16H2,1-2H3,(H,27,31). The summed E-state index contributed by atoms with van der Waals surface area (Å²) in [6, 6.07) is 11.7. The number of amides is 4. The number of ether oxygens (including phenoxy) is 2. The van der Waals surface area contributed by atoms with E-state index >= 15 is 0 Å². The Kier molecular flexibility index (Phi) is 7.33. The van der Waals surface area contributed by atoms with Gasteiger partial charge in [-0.05, 0) is 49.1 Å². The molecule has 4 amide bonds. The van der Waals surface area contributed by atoms with E-state index in [4.69, 9.17) is 9.47 Å². The van der Waals surface area contributed by atoms with Crippen molar-refractivity contribution in [3.63, 3.8) is 0 Å². The van der Waals surface area contributed by atoms with E-state index in [1.54, 1.807) is 54.5 Å². The van der Waals surface area contributed by atoms with Gasteiger partial charge in [-0.25, -0.2) is 0 Å². The van der Waals surface area contributed by atoms with Gasteiger partial charge in [-0.2, -0.15) is 0 Å². The number of imide groups is 1. The van der Waals surface area contributed by atoms with Crippen LogP contribution < -0.4 is 14.8 Å². The second kappa shape index (κ2) is 10.6. The van der Waals surface area contributed by atoms with Crippen LogP contribution >= 0.6 is 0 Å². The Bertz CT molecular complexity index is 1100. The van der Waals surface area contributed by atoms with Crippen LogP contribution in [0.25, 0.3) is 0 Å². The van der Waals surface area contributed by atoms with Crippen LogP contribution in [0.4, 0.5) is 0 Å². The highest BCUT2D eigenvalue weighted by atomic mass is 16.5. The predicted molar refractivity (Wildman–Crippen MR) is 128 cm³/mol. The summed E-state index contributed by atoms with van der Waals surface area (Å²) in [5.74, 6) is 0.362. The number of hydrogen-bond donors (Lipinski definition) is 1. The first kappa shape index (κ1) is 24.3. The molecule has 2 aliphatic rings. The zero-order chi connectivity index (χ0) is 24.9. The summed E-state index contributed by atoms with van der Waals surface area (Å²) in [6.45, 7) is 1.76. The van der Waals surface area contributed by atoms with Gasteiger partial charge in [-0.15, -0.1) is 0 Å². The molecule has 0 saturated carbocycles. The Balaban J connectivity index is 1.21. The van der Waals surface area contributed by atoms with Gasteiger partial charge in [0.15, 0.2) is 11.5 Å². The molecule has 35 heavy (non-hydrogen) atoms. The number of rotatable bonds is 8. The first-order chi connectivity index (χ1) is 16.9. The van der Waals surface area contributed by atoms with Gasteiger partial charge in [-0.1, -0.05) is 12.1 Å². The van der Waals surface area contributed by atoms with E-state index in [1.165, 1.54) is 7.11 Å². The van der Waals surface area contributed by atoms with E-state index in [-0.39, 0.29) is 42.5 Å². The fraction of sp³-hybridized carbons (Fsp3) is 0.385. The largest absolute Gasteiger partial charge is 0.493 e. The molecule has 9 heteroatoms. The summed E-state index contributed by atoms with van der Waals surface area (Å²) in [5, 5.41) is 2.96. The molecule has 9 nitrogen and oxygen atoms in total. The maximum absolute atomic E-state index is 12.7. The molecule has 0 aliphatic carbocycles. The number of nitrogens with one attached hydrogen (secondary N) is 1. The molecule has 0 radical (unpaired) electrons. The number of carbonyl (C=O) groups excluding carboxylic acids is 4. The van der Waals surface area contributed by atoms with Crippen LogP contribution in [0.3, 0.4) is 0 Å². The highest BCUT2D eigenvalue weighted by Crippen LogP contribution is 2.28. The van der Waals surface area contributed by atoms with Gasteiger partial charge < -0.3 is 19.7 Å². The molecule has 184 valence electrons. The summed E-state index contributed by atoms with van der Waals surface area (Å²) in [5.41, 5.74) is 1.27. The summed E-state index contributed by atoms with van der Waals surface area (Å²) < 4.78 is 10.5. The first-order valence-electron chi connectivity index (χ1n) is 11.7. The van der Waals surface area contributed by atoms with Crippen LogP contribution in [0.15, 0.2) is 42.5 Å². The lowest BCUT2D eigenvalue weighted by atomic mass is 9.96. The SMILES string of the molecule is COc1ccc(C(=O)NCC2CCN(C(=O)CCN3C(=O)c4ccccc4C3=O)CC2)cc1OC. The minimum Gasteiger partial charge on any atom is -0.493 e. The Labute approximate surface area is 204 Å². The van der Waals surface area contributed by atoms with Crippen molar-refractivity contribution in [2.45, 2.75) is 19.3 Å².